The van der Waals surface area contributed by atoms with Gasteiger partial charge in [0, 0.05) is 25.3 Å². The van der Waals surface area contributed by atoms with E-state index in [2.05, 4.69) is 10.3 Å². The number of nitrogens with one attached hydrogen (secondary N) is 1. The second-order valence-electron chi connectivity index (χ2n) is 4.27. The summed E-state index contributed by atoms with van der Waals surface area (Å²) in [4.78, 5) is 5.86. The van der Waals surface area contributed by atoms with Crippen molar-refractivity contribution in [3.63, 3.8) is 0 Å². The number of aliphatic hydroxyl groups excluding tert-OH is 1. The van der Waals surface area contributed by atoms with E-state index in [9.17, 15) is 4.39 Å². The molecule has 0 aliphatic carbocycles. The van der Waals surface area contributed by atoms with Crippen molar-refractivity contribution in [3.05, 3.63) is 24.1 Å². The maximum atomic E-state index is 13.6. The molecule has 1 aromatic heterocycles. The van der Waals surface area contributed by atoms with Gasteiger partial charge in [-0.15, -0.1) is 0 Å². The van der Waals surface area contributed by atoms with Crippen LogP contribution in [0.2, 0.25) is 0 Å². The largest absolute Gasteiger partial charge is 0.395 e. The summed E-state index contributed by atoms with van der Waals surface area (Å²) in [5.41, 5.74) is 0. The first-order valence-corrected chi connectivity index (χ1v) is 6.01. The van der Waals surface area contributed by atoms with Crippen LogP contribution in [0.4, 0.5) is 10.2 Å². The van der Waals surface area contributed by atoms with Crippen molar-refractivity contribution in [2.24, 2.45) is 0 Å². The molecular weight excluding hydrogens is 221 g/mol. The standard InChI is InChI=1S/C12H18FN3O/c13-11-4-2-6-15-12(11)16(7-8-17)9-10-3-1-5-14-10/h2,4,6,10,14,17H,1,3,5,7-9H2. The molecule has 0 spiro atoms. The van der Waals surface area contributed by atoms with Gasteiger partial charge in [-0.1, -0.05) is 0 Å². The molecule has 0 radical (unpaired) electrons. The first-order chi connectivity index (χ1) is 8.31. The first-order valence-electron chi connectivity index (χ1n) is 6.01. The number of aromatic nitrogens is 1. The number of anilines is 1. The van der Waals surface area contributed by atoms with Crippen molar-refractivity contribution < 1.29 is 9.50 Å². The summed E-state index contributed by atoms with van der Waals surface area (Å²) >= 11 is 0. The summed E-state index contributed by atoms with van der Waals surface area (Å²) in [6, 6.07) is 3.33. The lowest BCUT2D eigenvalue weighted by atomic mass is 10.2. The number of rotatable bonds is 5. The molecule has 2 heterocycles. The molecular formula is C12H18FN3O. The van der Waals surface area contributed by atoms with Crippen molar-refractivity contribution in [2.45, 2.75) is 18.9 Å². The zero-order valence-electron chi connectivity index (χ0n) is 9.77. The molecule has 1 aliphatic heterocycles. The van der Waals surface area contributed by atoms with Crippen LogP contribution in [0.5, 0.6) is 0 Å². The Morgan fingerprint density at radius 2 is 2.47 bits per heavy atom. The number of hydrogen-bond donors (Lipinski definition) is 2. The van der Waals surface area contributed by atoms with E-state index >= 15 is 0 Å². The van der Waals surface area contributed by atoms with Gasteiger partial charge in [0.05, 0.1) is 6.61 Å². The van der Waals surface area contributed by atoms with Gasteiger partial charge in [-0.3, -0.25) is 0 Å². The third-order valence-electron chi connectivity index (χ3n) is 3.01. The SMILES string of the molecule is OCCN(CC1CCCN1)c1ncccc1F. The number of halogens is 1. The molecule has 2 N–H and O–H groups in total. The molecule has 1 aliphatic rings. The molecule has 0 amide bonds. The van der Waals surface area contributed by atoms with E-state index in [0.717, 1.165) is 19.4 Å². The first kappa shape index (κ1) is 12.3. The van der Waals surface area contributed by atoms with Crippen LogP contribution in [0.15, 0.2) is 18.3 Å². The highest BCUT2D eigenvalue weighted by Crippen LogP contribution is 2.17. The molecule has 94 valence electrons. The van der Waals surface area contributed by atoms with Crippen molar-refractivity contribution in [2.75, 3.05) is 31.1 Å². The highest BCUT2D eigenvalue weighted by Gasteiger charge is 2.20. The third kappa shape index (κ3) is 3.14. The van der Waals surface area contributed by atoms with Crippen LogP contribution in [0, 0.1) is 5.82 Å². The quantitative estimate of drug-likeness (QED) is 0.797. The van der Waals surface area contributed by atoms with Gasteiger partial charge in [0.25, 0.3) is 0 Å². The zero-order valence-corrected chi connectivity index (χ0v) is 9.77. The normalized spacial score (nSPS) is 19.5. The zero-order chi connectivity index (χ0) is 12.1. The molecule has 5 heteroatoms. The Labute approximate surface area is 100 Å². The van der Waals surface area contributed by atoms with E-state index in [1.807, 2.05) is 0 Å². The molecule has 1 atom stereocenters. The van der Waals surface area contributed by atoms with Crippen LogP contribution >= 0.6 is 0 Å². The van der Waals surface area contributed by atoms with Gasteiger partial charge in [0.1, 0.15) is 0 Å². The monoisotopic (exact) mass is 239 g/mol. The Hall–Kier alpha value is -1.20. The smallest absolute Gasteiger partial charge is 0.165 e. The Morgan fingerprint density at radius 3 is 3.12 bits per heavy atom. The Morgan fingerprint density at radius 1 is 1.59 bits per heavy atom. The van der Waals surface area contributed by atoms with Gasteiger partial charge >= 0.3 is 0 Å². The summed E-state index contributed by atoms with van der Waals surface area (Å²) in [7, 11) is 0. The Kier molecular flexibility index (Phi) is 4.28. The van der Waals surface area contributed by atoms with E-state index < -0.39 is 0 Å². The summed E-state index contributed by atoms with van der Waals surface area (Å²) in [6.45, 7) is 2.12. The second-order valence-corrected chi connectivity index (χ2v) is 4.27. The van der Waals surface area contributed by atoms with E-state index in [-0.39, 0.29) is 12.4 Å². The summed E-state index contributed by atoms with van der Waals surface area (Å²) in [6.07, 6.45) is 3.82. The number of aliphatic hydroxyl groups is 1. The Balaban J connectivity index is 2.08. The molecule has 1 aromatic rings. The van der Waals surface area contributed by atoms with Crippen molar-refractivity contribution in [1.82, 2.24) is 10.3 Å². The van der Waals surface area contributed by atoms with Crippen LogP contribution in [-0.2, 0) is 0 Å². The highest BCUT2D eigenvalue weighted by molar-refractivity contribution is 5.39. The fourth-order valence-corrected chi connectivity index (χ4v) is 2.19. The maximum absolute atomic E-state index is 13.6. The van der Waals surface area contributed by atoms with Gasteiger partial charge < -0.3 is 15.3 Å². The van der Waals surface area contributed by atoms with Crippen molar-refractivity contribution in [1.29, 1.82) is 0 Å². The molecule has 2 rings (SSSR count). The van der Waals surface area contributed by atoms with E-state index in [1.165, 1.54) is 6.07 Å². The minimum absolute atomic E-state index is 0.00271. The van der Waals surface area contributed by atoms with Crippen LogP contribution < -0.4 is 10.2 Å². The van der Waals surface area contributed by atoms with Crippen molar-refractivity contribution >= 4 is 5.82 Å². The van der Waals surface area contributed by atoms with Crippen LogP contribution in [0.25, 0.3) is 0 Å². The van der Waals surface area contributed by atoms with Gasteiger partial charge in [-0.25, -0.2) is 9.37 Å². The molecule has 1 unspecified atom stereocenters. The summed E-state index contributed by atoms with van der Waals surface area (Å²) < 4.78 is 13.6. The molecule has 1 fully saturated rings. The van der Waals surface area contributed by atoms with E-state index in [4.69, 9.17) is 5.11 Å². The van der Waals surface area contributed by atoms with Crippen molar-refractivity contribution in [3.8, 4) is 0 Å². The van der Waals surface area contributed by atoms with Crippen LogP contribution in [-0.4, -0.2) is 42.4 Å². The molecule has 0 saturated carbocycles. The van der Waals surface area contributed by atoms with Crippen LogP contribution in [0.1, 0.15) is 12.8 Å². The number of nitrogens with zero attached hydrogens (tertiary/aromatic N) is 2. The average Bonchev–Trinajstić information content (AvgIpc) is 2.82. The summed E-state index contributed by atoms with van der Waals surface area (Å²) in [5.74, 6) is -0.00537. The number of hydrogen-bond acceptors (Lipinski definition) is 4. The fourth-order valence-electron chi connectivity index (χ4n) is 2.19. The average molecular weight is 239 g/mol. The van der Waals surface area contributed by atoms with E-state index in [0.29, 0.717) is 24.9 Å². The molecule has 4 nitrogen and oxygen atoms in total. The topological polar surface area (TPSA) is 48.4 Å². The van der Waals surface area contributed by atoms with E-state index in [1.54, 1.807) is 17.2 Å². The van der Waals surface area contributed by atoms with Gasteiger partial charge in [-0.2, -0.15) is 0 Å². The predicted molar refractivity (Wildman–Crippen MR) is 64.5 cm³/mol. The lowest BCUT2D eigenvalue weighted by Crippen LogP contribution is -2.39. The lowest BCUT2D eigenvalue weighted by Gasteiger charge is -2.26. The fraction of sp³-hybridized carbons (Fsp3) is 0.583. The number of pyridine rings is 1. The minimum atomic E-state index is -0.334. The molecule has 1 saturated heterocycles. The summed E-state index contributed by atoms with van der Waals surface area (Å²) in [5, 5.41) is 12.4. The maximum Gasteiger partial charge on any atom is 0.165 e. The lowest BCUT2D eigenvalue weighted by molar-refractivity contribution is 0.299. The second kappa shape index (κ2) is 5.93. The van der Waals surface area contributed by atoms with Gasteiger partial charge in [0.2, 0.25) is 0 Å². The van der Waals surface area contributed by atoms with Gasteiger partial charge in [0.15, 0.2) is 11.6 Å². The van der Waals surface area contributed by atoms with Gasteiger partial charge in [-0.05, 0) is 31.5 Å². The van der Waals surface area contributed by atoms with Crippen LogP contribution in [0.3, 0.4) is 0 Å². The Bertz CT molecular complexity index is 355. The molecule has 0 aromatic carbocycles. The highest BCUT2D eigenvalue weighted by atomic mass is 19.1. The minimum Gasteiger partial charge on any atom is -0.395 e. The molecule has 17 heavy (non-hydrogen) atoms. The molecule has 0 bridgehead atoms. The third-order valence-corrected chi connectivity index (χ3v) is 3.01. The predicted octanol–water partition coefficient (Wildman–Crippen LogP) is 0.771.